The molecule has 0 saturated heterocycles. The lowest BCUT2D eigenvalue weighted by Crippen LogP contribution is -2.38. The lowest BCUT2D eigenvalue weighted by Gasteiger charge is -2.30. The summed E-state index contributed by atoms with van der Waals surface area (Å²) in [6, 6.07) is 0. The second kappa shape index (κ2) is 5.50. The molecule has 0 aromatic heterocycles. The Balaban J connectivity index is 2.38. The first-order chi connectivity index (χ1) is 6.99. The molecule has 88 valence electrons. The summed E-state index contributed by atoms with van der Waals surface area (Å²) in [6.07, 6.45) is 2.78. The van der Waals surface area contributed by atoms with Crippen LogP contribution in [0.5, 0.6) is 0 Å². The Morgan fingerprint density at radius 3 is 2.33 bits per heavy atom. The van der Waals surface area contributed by atoms with Gasteiger partial charge in [0.05, 0.1) is 6.10 Å². The molecule has 0 spiro atoms. The highest BCUT2D eigenvalue weighted by atomic mass is 16.3. The summed E-state index contributed by atoms with van der Waals surface area (Å²) in [4.78, 5) is 11.8. The molecule has 0 radical (unpaired) electrons. The van der Waals surface area contributed by atoms with Gasteiger partial charge in [0.25, 0.3) is 0 Å². The van der Waals surface area contributed by atoms with Crippen LogP contribution < -0.4 is 5.32 Å². The van der Waals surface area contributed by atoms with Crippen molar-refractivity contribution in [1.29, 1.82) is 0 Å². The smallest absolute Gasteiger partial charge is 0.223 e. The predicted molar refractivity (Wildman–Crippen MR) is 60.4 cm³/mol. The molecule has 4 atom stereocenters. The van der Waals surface area contributed by atoms with Gasteiger partial charge in [0.15, 0.2) is 0 Å². The van der Waals surface area contributed by atoms with E-state index < -0.39 is 6.10 Å². The number of hydrogen-bond donors (Lipinski definition) is 2. The van der Waals surface area contributed by atoms with Gasteiger partial charge in [-0.25, -0.2) is 0 Å². The minimum atomic E-state index is -0.451. The molecule has 2 N–H and O–H groups in total. The zero-order valence-corrected chi connectivity index (χ0v) is 9.99. The van der Waals surface area contributed by atoms with Crippen LogP contribution in [0.25, 0.3) is 0 Å². The molecule has 15 heavy (non-hydrogen) atoms. The maximum absolute atomic E-state index is 11.8. The molecule has 0 bridgehead atoms. The molecule has 0 unspecified atom stereocenters. The molecule has 1 rings (SSSR count). The maximum atomic E-state index is 11.8. The SMILES string of the molecule is C[C@@H]1C[C@H](C)C[C@H](C(=O)NC[C@@H](C)O)C1. The summed E-state index contributed by atoms with van der Waals surface area (Å²) in [5, 5.41) is 11.9. The Hall–Kier alpha value is -0.570. The lowest BCUT2D eigenvalue weighted by molar-refractivity contribution is -0.127. The zero-order valence-electron chi connectivity index (χ0n) is 9.99. The number of carbonyl (C=O) groups excluding carboxylic acids is 1. The van der Waals surface area contributed by atoms with Crippen LogP contribution in [0.15, 0.2) is 0 Å². The van der Waals surface area contributed by atoms with Crippen LogP contribution >= 0.6 is 0 Å². The van der Waals surface area contributed by atoms with Gasteiger partial charge in [0, 0.05) is 12.5 Å². The number of rotatable bonds is 3. The summed E-state index contributed by atoms with van der Waals surface area (Å²) < 4.78 is 0. The highest BCUT2D eigenvalue weighted by molar-refractivity contribution is 5.78. The fourth-order valence-electron chi connectivity index (χ4n) is 2.55. The van der Waals surface area contributed by atoms with Gasteiger partial charge in [0.1, 0.15) is 0 Å². The Bertz CT molecular complexity index is 206. The Labute approximate surface area is 92.3 Å². The Morgan fingerprint density at radius 1 is 1.33 bits per heavy atom. The quantitative estimate of drug-likeness (QED) is 0.747. The van der Waals surface area contributed by atoms with Gasteiger partial charge in [-0.3, -0.25) is 4.79 Å². The fraction of sp³-hybridized carbons (Fsp3) is 0.917. The largest absolute Gasteiger partial charge is 0.392 e. The second-order valence-corrected chi connectivity index (χ2v) is 5.21. The van der Waals surface area contributed by atoms with Crippen molar-refractivity contribution in [3.05, 3.63) is 0 Å². The van der Waals surface area contributed by atoms with Crippen LogP contribution in [0, 0.1) is 17.8 Å². The van der Waals surface area contributed by atoms with Crippen LogP contribution in [0.4, 0.5) is 0 Å². The van der Waals surface area contributed by atoms with Crippen LogP contribution in [-0.4, -0.2) is 23.7 Å². The van der Waals surface area contributed by atoms with Crippen LogP contribution in [0.3, 0.4) is 0 Å². The number of amides is 1. The topological polar surface area (TPSA) is 49.3 Å². The summed E-state index contributed by atoms with van der Waals surface area (Å²) >= 11 is 0. The number of nitrogens with one attached hydrogen (secondary N) is 1. The molecule has 1 amide bonds. The van der Waals surface area contributed by atoms with E-state index in [9.17, 15) is 4.79 Å². The predicted octanol–water partition coefficient (Wildman–Crippen LogP) is 1.56. The summed E-state index contributed by atoms with van der Waals surface area (Å²) in [6.45, 7) is 6.49. The van der Waals surface area contributed by atoms with Crippen LogP contribution in [0.2, 0.25) is 0 Å². The van der Waals surface area contributed by atoms with Crippen molar-refractivity contribution >= 4 is 5.91 Å². The first-order valence-electron chi connectivity index (χ1n) is 5.94. The van der Waals surface area contributed by atoms with Gasteiger partial charge in [-0.15, -0.1) is 0 Å². The van der Waals surface area contributed by atoms with E-state index in [1.54, 1.807) is 6.92 Å². The van der Waals surface area contributed by atoms with Crippen molar-refractivity contribution in [2.75, 3.05) is 6.54 Å². The molecule has 1 fully saturated rings. The molecular formula is C12H23NO2. The molecule has 1 aliphatic carbocycles. The number of aliphatic hydroxyl groups is 1. The van der Waals surface area contributed by atoms with E-state index in [0.29, 0.717) is 18.4 Å². The van der Waals surface area contributed by atoms with Crippen molar-refractivity contribution in [3.63, 3.8) is 0 Å². The molecular weight excluding hydrogens is 190 g/mol. The molecule has 1 saturated carbocycles. The Morgan fingerprint density at radius 2 is 1.87 bits per heavy atom. The Kier molecular flexibility index (Phi) is 4.58. The molecule has 0 heterocycles. The lowest BCUT2D eigenvalue weighted by atomic mass is 9.76. The summed E-state index contributed by atoms with van der Waals surface area (Å²) in [5.74, 6) is 1.57. The van der Waals surface area contributed by atoms with E-state index in [-0.39, 0.29) is 11.8 Å². The van der Waals surface area contributed by atoms with Crippen molar-refractivity contribution in [3.8, 4) is 0 Å². The third kappa shape index (κ3) is 4.20. The third-order valence-electron chi connectivity index (χ3n) is 3.12. The molecule has 3 nitrogen and oxygen atoms in total. The van der Waals surface area contributed by atoms with Gasteiger partial charge in [-0.05, 0) is 38.0 Å². The standard InChI is InChI=1S/C12H23NO2/c1-8-4-9(2)6-11(5-8)12(15)13-7-10(3)14/h8-11,14H,4-7H2,1-3H3,(H,13,15)/t8-,9+,10-,11-/m1/s1. The van der Waals surface area contributed by atoms with E-state index in [0.717, 1.165) is 12.8 Å². The first-order valence-corrected chi connectivity index (χ1v) is 5.94. The fourth-order valence-corrected chi connectivity index (χ4v) is 2.55. The molecule has 0 aromatic carbocycles. The van der Waals surface area contributed by atoms with Crippen molar-refractivity contribution in [2.24, 2.45) is 17.8 Å². The number of hydrogen-bond acceptors (Lipinski definition) is 2. The van der Waals surface area contributed by atoms with Crippen LogP contribution in [-0.2, 0) is 4.79 Å². The average molecular weight is 213 g/mol. The highest BCUT2D eigenvalue weighted by Crippen LogP contribution is 2.32. The van der Waals surface area contributed by atoms with Crippen molar-refractivity contribution in [1.82, 2.24) is 5.32 Å². The molecule has 0 aromatic rings. The number of aliphatic hydroxyl groups excluding tert-OH is 1. The molecule has 0 aliphatic heterocycles. The summed E-state index contributed by atoms with van der Waals surface area (Å²) in [5.41, 5.74) is 0. The third-order valence-corrected chi connectivity index (χ3v) is 3.12. The van der Waals surface area contributed by atoms with E-state index in [1.165, 1.54) is 6.42 Å². The van der Waals surface area contributed by atoms with Gasteiger partial charge in [-0.2, -0.15) is 0 Å². The van der Waals surface area contributed by atoms with E-state index in [1.807, 2.05) is 0 Å². The van der Waals surface area contributed by atoms with E-state index in [4.69, 9.17) is 5.11 Å². The minimum absolute atomic E-state index is 0.120. The van der Waals surface area contributed by atoms with Gasteiger partial charge >= 0.3 is 0 Å². The molecule has 1 aliphatic rings. The average Bonchev–Trinajstić information content (AvgIpc) is 2.12. The normalized spacial score (nSPS) is 33.5. The molecule has 3 heteroatoms. The zero-order chi connectivity index (χ0) is 11.4. The van der Waals surface area contributed by atoms with Crippen LogP contribution in [0.1, 0.15) is 40.0 Å². The van der Waals surface area contributed by atoms with Gasteiger partial charge in [-0.1, -0.05) is 13.8 Å². The maximum Gasteiger partial charge on any atom is 0.223 e. The van der Waals surface area contributed by atoms with Gasteiger partial charge in [0.2, 0.25) is 5.91 Å². The monoisotopic (exact) mass is 213 g/mol. The van der Waals surface area contributed by atoms with Crippen molar-refractivity contribution in [2.45, 2.75) is 46.1 Å². The minimum Gasteiger partial charge on any atom is -0.392 e. The first kappa shape index (κ1) is 12.5. The highest BCUT2D eigenvalue weighted by Gasteiger charge is 2.28. The van der Waals surface area contributed by atoms with Crippen molar-refractivity contribution < 1.29 is 9.90 Å². The summed E-state index contributed by atoms with van der Waals surface area (Å²) in [7, 11) is 0. The van der Waals surface area contributed by atoms with E-state index >= 15 is 0 Å². The second-order valence-electron chi connectivity index (χ2n) is 5.21. The van der Waals surface area contributed by atoms with Gasteiger partial charge < -0.3 is 10.4 Å². The number of carbonyl (C=O) groups is 1. The van der Waals surface area contributed by atoms with E-state index in [2.05, 4.69) is 19.2 Å².